The van der Waals surface area contributed by atoms with Crippen LogP contribution in [-0.2, 0) is 4.74 Å². The summed E-state index contributed by atoms with van der Waals surface area (Å²) in [5.74, 6) is 3.18. The maximum absolute atomic E-state index is 10.9. The molecule has 0 aromatic carbocycles. The highest BCUT2D eigenvalue weighted by Gasteiger charge is 2.54. The first-order chi connectivity index (χ1) is 8.63. The highest BCUT2D eigenvalue weighted by atomic mass is 16.5. The van der Waals surface area contributed by atoms with Gasteiger partial charge in [0.1, 0.15) is 0 Å². The van der Waals surface area contributed by atoms with E-state index in [0.29, 0.717) is 5.92 Å². The van der Waals surface area contributed by atoms with E-state index in [2.05, 4.69) is 6.92 Å². The zero-order valence-corrected chi connectivity index (χ0v) is 11.9. The lowest BCUT2D eigenvalue weighted by Gasteiger charge is -2.59. The van der Waals surface area contributed by atoms with E-state index in [1.54, 1.807) is 7.11 Å². The smallest absolute Gasteiger partial charge is 0.0623 e. The lowest BCUT2D eigenvalue weighted by Crippen LogP contribution is -2.53. The Morgan fingerprint density at radius 1 is 1.11 bits per heavy atom. The van der Waals surface area contributed by atoms with Gasteiger partial charge in [0.2, 0.25) is 0 Å². The molecule has 0 spiro atoms. The molecule has 2 nitrogen and oxygen atoms in total. The van der Waals surface area contributed by atoms with Crippen LogP contribution in [0.25, 0.3) is 0 Å². The highest BCUT2D eigenvalue weighted by molar-refractivity contribution is 5.05. The number of aliphatic hydroxyl groups excluding tert-OH is 1. The van der Waals surface area contributed by atoms with Gasteiger partial charge < -0.3 is 9.84 Å². The second-order valence-corrected chi connectivity index (χ2v) is 7.48. The van der Waals surface area contributed by atoms with Gasteiger partial charge in [0.25, 0.3) is 0 Å². The Balaban J connectivity index is 1.70. The van der Waals surface area contributed by atoms with Crippen molar-refractivity contribution < 1.29 is 9.84 Å². The number of hydrogen-bond donors (Lipinski definition) is 1. The van der Waals surface area contributed by atoms with E-state index in [1.807, 2.05) is 0 Å². The average molecular weight is 252 g/mol. The fraction of sp³-hybridized carbons (Fsp3) is 1.00. The number of hydrogen-bond acceptors (Lipinski definition) is 2. The first-order valence-corrected chi connectivity index (χ1v) is 7.80. The summed E-state index contributed by atoms with van der Waals surface area (Å²) >= 11 is 0. The molecule has 4 fully saturated rings. The van der Waals surface area contributed by atoms with Crippen molar-refractivity contribution >= 4 is 0 Å². The van der Waals surface area contributed by atoms with E-state index in [4.69, 9.17) is 4.74 Å². The Kier molecular flexibility index (Phi) is 3.44. The normalized spacial score (nSPS) is 45.2. The van der Waals surface area contributed by atoms with Crippen molar-refractivity contribution in [2.75, 3.05) is 13.7 Å². The fourth-order valence-corrected chi connectivity index (χ4v) is 5.61. The predicted molar refractivity (Wildman–Crippen MR) is 72.3 cm³/mol. The van der Waals surface area contributed by atoms with Crippen LogP contribution in [0.15, 0.2) is 0 Å². The molecular weight excluding hydrogens is 224 g/mol. The molecule has 2 atom stereocenters. The predicted octanol–water partition coefficient (Wildman–Crippen LogP) is 3.24. The zero-order chi connectivity index (χ0) is 12.8. The van der Waals surface area contributed by atoms with Gasteiger partial charge in [-0.2, -0.15) is 0 Å². The van der Waals surface area contributed by atoms with Gasteiger partial charge in [-0.15, -0.1) is 0 Å². The van der Waals surface area contributed by atoms with E-state index in [9.17, 15) is 5.11 Å². The van der Waals surface area contributed by atoms with E-state index < -0.39 is 0 Å². The standard InChI is InChI=1S/C16H28O2/c1-11(3-4-18-2)15(17)16-8-12-5-13(9-16)7-14(6-12)10-16/h11-15,17H,3-10H2,1-2H3. The minimum atomic E-state index is -0.0963. The van der Waals surface area contributed by atoms with Crippen LogP contribution in [0.4, 0.5) is 0 Å². The Labute approximate surface area is 111 Å². The van der Waals surface area contributed by atoms with Crippen LogP contribution in [0.2, 0.25) is 0 Å². The van der Waals surface area contributed by atoms with Crippen molar-refractivity contribution in [3.05, 3.63) is 0 Å². The minimum absolute atomic E-state index is 0.0963. The van der Waals surface area contributed by atoms with E-state index in [-0.39, 0.29) is 11.5 Å². The maximum atomic E-state index is 10.9. The van der Waals surface area contributed by atoms with Crippen LogP contribution in [0.5, 0.6) is 0 Å². The van der Waals surface area contributed by atoms with Crippen molar-refractivity contribution in [1.29, 1.82) is 0 Å². The van der Waals surface area contributed by atoms with Crippen LogP contribution in [0.1, 0.15) is 51.9 Å². The minimum Gasteiger partial charge on any atom is -0.392 e. The molecule has 0 amide bonds. The van der Waals surface area contributed by atoms with Gasteiger partial charge in [0.05, 0.1) is 6.10 Å². The summed E-state index contributed by atoms with van der Waals surface area (Å²) in [6.07, 6.45) is 9.18. The molecule has 4 rings (SSSR count). The molecule has 4 aliphatic carbocycles. The average Bonchev–Trinajstić information content (AvgIpc) is 2.33. The monoisotopic (exact) mass is 252 g/mol. The number of ether oxygens (including phenoxy) is 1. The highest BCUT2D eigenvalue weighted by Crippen LogP contribution is 2.62. The van der Waals surface area contributed by atoms with Crippen LogP contribution in [0.3, 0.4) is 0 Å². The third-order valence-electron chi connectivity index (χ3n) is 6.03. The Morgan fingerprint density at radius 3 is 2.06 bits per heavy atom. The summed E-state index contributed by atoms with van der Waals surface area (Å²) in [6, 6.07) is 0. The second kappa shape index (κ2) is 4.79. The summed E-state index contributed by atoms with van der Waals surface area (Å²) in [5.41, 5.74) is 0.280. The third-order valence-corrected chi connectivity index (χ3v) is 6.03. The molecule has 2 unspecified atom stereocenters. The molecule has 0 aliphatic heterocycles. The molecule has 4 aliphatic rings. The van der Waals surface area contributed by atoms with Gasteiger partial charge in [-0.3, -0.25) is 0 Å². The van der Waals surface area contributed by atoms with Gasteiger partial charge in [-0.05, 0) is 74.0 Å². The Hall–Kier alpha value is -0.0800. The van der Waals surface area contributed by atoms with Crippen molar-refractivity contribution in [3.8, 4) is 0 Å². The van der Waals surface area contributed by atoms with E-state index in [1.165, 1.54) is 38.5 Å². The van der Waals surface area contributed by atoms with Crippen molar-refractivity contribution in [1.82, 2.24) is 0 Å². The molecule has 0 saturated heterocycles. The molecule has 18 heavy (non-hydrogen) atoms. The molecule has 2 heteroatoms. The van der Waals surface area contributed by atoms with Gasteiger partial charge >= 0.3 is 0 Å². The molecule has 0 heterocycles. The summed E-state index contributed by atoms with van der Waals surface area (Å²) in [5, 5.41) is 10.9. The zero-order valence-electron chi connectivity index (χ0n) is 11.9. The van der Waals surface area contributed by atoms with Crippen LogP contribution in [-0.4, -0.2) is 24.9 Å². The summed E-state index contributed by atoms with van der Waals surface area (Å²) < 4.78 is 5.17. The molecule has 0 aromatic rings. The maximum Gasteiger partial charge on any atom is 0.0623 e. The number of rotatable bonds is 5. The molecular formula is C16H28O2. The first kappa shape index (κ1) is 12.9. The second-order valence-electron chi connectivity index (χ2n) is 7.48. The van der Waals surface area contributed by atoms with E-state index >= 15 is 0 Å². The lowest BCUT2D eigenvalue weighted by molar-refractivity contribution is -0.137. The number of aliphatic hydroxyl groups is 1. The lowest BCUT2D eigenvalue weighted by atomic mass is 9.47. The molecule has 0 radical (unpaired) electrons. The SMILES string of the molecule is COCCC(C)C(O)C12CC3CC(CC(C3)C1)C2. The molecule has 4 bridgehead atoms. The van der Waals surface area contributed by atoms with E-state index in [0.717, 1.165) is 30.8 Å². The van der Waals surface area contributed by atoms with Crippen LogP contribution >= 0.6 is 0 Å². The summed E-state index contributed by atoms with van der Waals surface area (Å²) in [7, 11) is 1.75. The van der Waals surface area contributed by atoms with Crippen molar-refractivity contribution in [2.45, 2.75) is 58.0 Å². The first-order valence-electron chi connectivity index (χ1n) is 7.80. The van der Waals surface area contributed by atoms with Gasteiger partial charge in [0.15, 0.2) is 0 Å². The van der Waals surface area contributed by atoms with Crippen molar-refractivity contribution in [3.63, 3.8) is 0 Å². The molecule has 1 N–H and O–H groups in total. The van der Waals surface area contributed by atoms with Crippen molar-refractivity contribution in [2.24, 2.45) is 29.1 Å². The molecule has 4 saturated carbocycles. The summed E-state index contributed by atoms with van der Waals surface area (Å²) in [4.78, 5) is 0. The summed E-state index contributed by atoms with van der Waals surface area (Å²) in [6.45, 7) is 2.99. The Morgan fingerprint density at radius 2 is 1.61 bits per heavy atom. The molecule has 104 valence electrons. The fourth-order valence-electron chi connectivity index (χ4n) is 5.61. The molecule has 0 aromatic heterocycles. The van der Waals surface area contributed by atoms with Gasteiger partial charge in [-0.1, -0.05) is 6.92 Å². The largest absolute Gasteiger partial charge is 0.392 e. The van der Waals surface area contributed by atoms with Crippen LogP contribution in [0, 0.1) is 29.1 Å². The quantitative estimate of drug-likeness (QED) is 0.814. The topological polar surface area (TPSA) is 29.5 Å². The Bertz CT molecular complexity index is 264. The van der Waals surface area contributed by atoms with Gasteiger partial charge in [0, 0.05) is 13.7 Å². The van der Waals surface area contributed by atoms with Crippen LogP contribution < -0.4 is 0 Å². The third kappa shape index (κ3) is 2.12. The van der Waals surface area contributed by atoms with Gasteiger partial charge in [-0.25, -0.2) is 0 Å². The number of methoxy groups -OCH3 is 1.